The molecule has 0 bridgehead atoms. The van der Waals surface area contributed by atoms with Gasteiger partial charge in [-0.25, -0.2) is 0 Å². The van der Waals surface area contributed by atoms with Gasteiger partial charge in [-0.1, -0.05) is 76.2 Å². The van der Waals surface area contributed by atoms with Crippen LogP contribution in [0.15, 0.2) is 23.3 Å². The van der Waals surface area contributed by atoms with E-state index in [0.29, 0.717) is 29.3 Å². The van der Waals surface area contributed by atoms with Crippen molar-refractivity contribution in [2.24, 2.45) is 33.5 Å². The Hall–Kier alpha value is -1.34. The summed E-state index contributed by atoms with van der Waals surface area (Å²) in [5, 5.41) is 21.0. The van der Waals surface area contributed by atoms with E-state index in [4.69, 9.17) is 23.8 Å². The molecule has 0 amide bonds. The summed E-state index contributed by atoms with van der Waals surface area (Å²) in [6.07, 6.45) is 27.7. The molecule has 1 saturated heterocycles. The Labute approximate surface area is 316 Å². The molecule has 1 heterocycles. The van der Waals surface area contributed by atoms with E-state index in [1.54, 1.807) is 5.57 Å². The lowest BCUT2D eigenvalue weighted by molar-refractivity contribution is 0.00689. The molecule has 2 N–H and O–H groups in total. The summed E-state index contributed by atoms with van der Waals surface area (Å²) in [5.74, 6) is 8.76. The fraction of sp³-hybridized carbons (Fsp3) is 0.822. The van der Waals surface area contributed by atoms with Crippen molar-refractivity contribution >= 4 is 8.32 Å². The summed E-state index contributed by atoms with van der Waals surface area (Å²) < 4.78 is 56.4. The first kappa shape index (κ1) is 32.1. The van der Waals surface area contributed by atoms with E-state index < -0.39 is 27.6 Å². The Bertz CT molecular complexity index is 1550. The molecule has 4 saturated carbocycles. The highest BCUT2D eigenvalue weighted by Gasteiger charge is 2.59. The summed E-state index contributed by atoms with van der Waals surface area (Å²) in [6.45, 7) is 12.4. The third kappa shape index (κ3) is 8.39. The van der Waals surface area contributed by atoms with Crippen LogP contribution < -0.4 is 0 Å². The van der Waals surface area contributed by atoms with Crippen LogP contribution in [0.5, 0.6) is 0 Å². The SMILES string of the molecule is C#CCC1(C2=CCC3[C@@H](O[Si](C)(C)C(C)(C)C)CCC[C@]23C)CC1.C1CCOC1.[2H]C([2H])([2H])C(O)(C#CCC1(C2=CCC3[C@@H](O)CCC[C@]23C)CC1)C([2H])([2H])[2H]. The van der Waals surface area contributed by atoms with E-state index in [1.165, 1.54) is 56.9 Å². The monoisotopic (exact) mass is 711 g/mol. The van der Waals surface area contributed by atoms with Crippen LogP contribution in [0.4, 0.5) is 0 Å². The van der Waals surface area contributed by atoms with Gasteiger partial charge in [-0.2, -0.15) is 0 Å². The van der Waals surface area contributed by atoms with Crippen molar-refractivity contribution in [2.75, 3.05) is 13.2 Å². The Morgan fingerprint density at radius 1 is 0.880 bits per heavy atom. The molecule has 0 aromatic heterocycles. The van der Waals surface area contributed by atoms with Gasteiger partial charge in [0, 0.05) is 51.2 Å². The number of allylic oxidation sites excluding steroid dienone is 4. The molecule has 0 aromatic rings. The van der Waals surface area contributed by atoms with E-state index in [2.05, 4.69) is 77.6 Å². The van der Waals surface area contributed by atoms with Crippen LogP contribution in [0.25, 0.3) is 0 Å². The number of hydrogen-bond acceptors (Lipinski definition) is 4. The lowest BCUT2D eigenvalue weighted by atomic mass is 9.62. The molecule has 6 aliphatic carbocycles. The fourth-order valence-corrected chi connectivity index (χ4v) is 11.6. The van der Waals surface area contributed by atoms with E-state index in [-0.39, 0.29) is 27.9 Å². The highest BCUT2D eigenvalue weighted by Crippen LogP contribution is 2.68. The Kier molecular flexibility index (Phi) is 9.52. The minimum absolute atomic E-state index is 0.0692. The number of fused-ring (bicyclic) bond motifs is 2. The minimum Gasteiger partial charge on any atom is -0.414 e. The van der Waals surface area contributed by atoms with Gasteiger partial charge < -0.3 is 19.4 Å². The highest BCUT2D eigenvalue weighted by molar-refractivity contribution is 6.74. The van der Waals surface area contributed by atoms with Crippen LogP contribution in [0.3, 0.4) is 0 Å². The smallest absolute Gasteiger partial charge is 0.192 e. The van der Waals surface area contributed by atoms with Gasteiger partial charge >= 0.3 is 0 Å². The average Bonchev–Trinajstić information content (AvgIpc) is 3.81. The van der Waals surface area contributed by atoms with Gasteiger partial charge in [-0.15, -0.1) is 12.3 Å². The quantitative estimate of drug-likeness (QED) is 0.164. The van der Waals surface area contributed by atoms with Crippen molar-refractivity contribution in [3.8, 4) is 24.2 Å². The number of rotatable bonds is 6. The lowest BCUT2D eigenvalue weighted by Gasteiger charge is -2.49. The van der Waals surface area contributed by atoms with E-state index in [0.717, 1.165) is 58.2 Å². The molecule has 7 rings (SSSR count). The second kappa shape index (κ2) is 14.8. The maximum atomic E-state index is 10.4. The summed E-state index contributed by atoms with van der Waals surface area (Å²) in [6, 6.07) is 0. The summed E-state index contributed by atoms with van der Waals surface area (Å²) in [7, 11) is -1.71. The molecule has 0 aromatic carbocycles. The van der Waals surface area contributed by atoms with Crippen molar-refractivity contribution in [1.29, 1.82) is 0 Å². The third-order valence-electron chi connectivity index (χ3n) is 14.4. The van der Waals surface area contributed by atoms with E-state index in [9.17, 15) is 10.2 Å². The molecular weight excluding hydrogens is 633 g/mol. The van der Waals surface area contributed by atoms with Gasteiger partial charge in [-0.05, 0) is 138 Å². The molecule has 0 radical (unpaired) electrons. The number of terminal acetylenes is 1. The molecule has 5 heteroatoms. The fourth-order valence-electron chi connectivity index (χ4n) is 10.2. The average molecular weight is 711 g/mol. The first-order valence-electron chi connectivity index (χ1n) is 22.8. The topological polar surface area (TPSA) is 58.9 Å². The number of hydrogen-bond donors (Lipinski definition) is 2. The molecule has 280 valence electrons. The summed E-state index contributed by atoms with van der Waals surface area (Å²) >= 11 is 0. The van der Waals surface area contributed by atoms with Gasteiger partial charge in [0.1, 0.15) is 5.60 Å². The van der Waals surface area contributed by atoms with Crippen molar-refractivity contribution in [2.45, 2.75) is 187 Å². The van der Waals surface area contributed by atoms with Crippen LogP contribution in [0.2, 0.25) is 18.1 Å². The molecule has 4 nitrogen and oxygen atoms in total. The van der Waals surface area contributed by atoms with Crippen molar-refractivity contribution in [3.05, 3.63) is 23.3 Å². The number of aliphatic hydroxyl groups is 2. The molecule has 1 aliphatic heterocycles. The first-order chi connectivity index (χ1) is 25.8. The first-order valence-corrected chi connectivity index (χ1v) is 22.8. The van der Waals surface area contributed by atoms with Gasteiger partial charge in [0.15, 0.2) is 8.32 Å². The molecule has 50 heavy (non-hydrogen) atoms. The molecule has 0 spiro atoms. The maximum Gasteiger partial charge on any atom is 0.192 e. The predicted molar refractivity (Wildman–Crippen MR) is 210 cm³/mol. The van der Waals surface area contributed by atoms with E-state index >= 15 is 0 Å². The van der Waals surface area contributed by atoms with Crippen molar-refractivity contribution in [1.82, 2.24) is 0 Å². The second-order valence-electron chi connectivity index (χ2n) is 19.0. The Balaban J connectivity index is 0.000000191. The molecular formula is C45H72O4Si. The number of ether oxygens (including phenoxy) is 1. The van der Waals surface area contributed by atoms with Crippen LogP contribution in [0.1, 0.15) is 159 Å². The van der Waals surface area contributed by atoms with E-state index in [1.807, 2.05) is 0 Å². The zero-order valence-electron chi connectivity index (χ0n) is 38.5. The molecule has 7 aliphatic rings. The summed E-state index contributed by atoms with van der Waals surface area (Å²) in [4.78, 5) is 0. The van der Waals surface area contributed by atoms with Gasteiger partial charge in [0.05, 0.1) is 6.10 Å². The molecule has 5 fully saturated rings. The van der Waals surface area contributed by atoms with Gasteiger partial charge in [0.25, 0.3) is 0 Å². The standard InChI is InChI=1S/C22H36OSi.C19H28O2.C4H8O/c1-8-13-22(15-16-22)19-12-11-17-18(10-9-14-21(17,19)5)23-24(6,7)20(2,3)4;1-17(2,21)9-5-11-19(12-13-19)16-8-7-14-15(20)6-4-10-18(14,16)3;1-2-4-5-3-1/h1,12,17-18H,9-11,13-16H2,2-7H3;8,14-15,20-21H,4,6-7,10-13H2,1-3H3;1-4H2/t17?,18-,21-;14?,15-,18-;/m00./s1/i;1D3,2D3;. The second-order valence-corrected chi connectivity index (χ2v) is 23.7. The number of aliphatic hydroxyl groups excluding tert-OH is 1. The Morgan fingerprint density at radius 2 is 1.42 bits per heavy atom. The predicted octanol–water partition coefficient (Wildman–Crippen LogP) is 10.5. The largest absolute Gasteiger partial charge is 0.414 e. The summed E-state index contributed by atoms with van der Waals surface area (Å²) in [5.41, 5.74) is 0.433. The zero-order chi connectivity index (χ0) is 41.6. The molecule has 6 atom stereocenters. The van der Waals surface area contributed by atoms with Crippen LogP contribution in [-0.2, 0) is 9.16 Å². The van der Waals surface area contributed by atoms with Crippen molar-refractivity contribution in [3.63, 3.8) is 0 Å². The third-order valence-corrected chi connectivity index (χ3v) is 18.9. The molecule has 2 unspecified atom stereocenters. The van der Waals surface area contributed by atoms with Crippen LogP contribution in [-0.4, -0.2) is 49.6 Å². The van der Waals surface area contributed by atoms with Crippen molar-refractivity contribution < 1.29 is 27.6 Å². The zero-order valence-corrected chi connectivity index (χ0v) is 33.5. The van der Waals surface area contributed by atoms with Crippen LogP contribution in [0, 0.1) is 57.7 Å². The highest BCUT2D eigenvalue weighted by atomic mass is 28.4. The maximum absolute atomic E-state index is 10.4. The van der Waals surface area contributed by atoms with Gasteiger partial charge in [0.2, 0.25) is 0 Å². The minimum atomic E-state index is -3.11. The normalized spacial score (nSPS) is 37.2. The van der Waals surface area contributed by atoms with Gasteiger partial charge in [-0.3, -0.25) is 0 Å². The lowest BCUT2D eigenvalue weighted by Crippen LogP contribution is -2.49. The van der Waals surface area contributed by atoms with Crippen LogP contribution >= 0.6 is 0 Å². The Morgan fingerprint density at radius 3 is 1.92 bits per heavy atom.